The Bertz CT molecular complexity index is 992. The largest absolute Gasteiger partial charge is 0.504 e. The van der Waals surface area contributed by atoms with Gasteiger partial charge in [-0.15, -0.1) is 0 Å². The van der Waals surface area contributed by atoms with Crippen LogP contribution in [0.4, 0.5) is 0 Å². The van der Waals surface area contributed by atoms with Crippen molar-refractivity contribution >= 4 is 16.6 Å². The molecule has 0 bridgehead atoms. The zero-order valence-corrected chi connectivity index (χ0v) is 12.5. The maximum Gasteiger partial charge on any atom is 0.194 e. The fraction of sp³-hybridized carbons (Fsp3) is 0.105. The number of Topliss-reactive ketones (excluding diaryl/α,β-unsaturated/α-hetero) is 1. The van der Waals surface area contributed by atoms with E-state index in [1.54, 1.807) is 24.3 Å². The molecule has 2 unspecified atom stereocenters. The van der Waals surface area contributed by atoms with Gasteiger partial charge in [0.2, 0.25) is 0 Å². The number of phenols is 2. The van der Waals surface area contributed by atoms with E-state index in [1.807, 2.05) is 12.1 Å². The number of carbonyl (C=O) groups excluding carboxylic acids is 1. The standard InChI is InChI=1S/C19H14O5/c20-13-7-5-10(8-14(13)21)11-6-4-9-2-1-3-12-15(9)16(11)18(23)19(24)17(12)22/h1-8,18-21,23-24H. The first kappa shape index (κ1) is 14.7. The molecule has 5 nitrogen and oxygen atoms in total. The monoisotopic (exact) mass is 322 g/mol. The first-order valence-electron chi connectivity index (χ1n) is 7.47. The van der Waals surface area contributed by atoms with Crippen molar-refractivity contribution in [3.05, 3.63) is 59.7 Å². The van der Waals surface area contributed by atoms with E-state index in [-0.39, 0.29) is 11.5 Å². The van der Waals surface area contributed by atoms with Gasteiger partial charge in [-0.05, 0) is 39.6 Å². The number of hydrogen-bond donors (Lipinski definition) is 4. The van der Waals surface area contributed by atoms with E-state index in [9.17, 15) is 25.2 Å². The molecule has 0 aliphatic heterocycles. The minimum atomic E-state index is -1.53. The summed E-state index contributed by atoms with van der Waals surface area (Å²) < 4.78 is 0. The Labute approximate surface area is 137 Å². The molecule has 0 radical (unpaired) electrons. The summed E-state index contributed by atoms with van der Waals surface area (Å²) >= 11 is 0. The topological polar surface area (TPSA) is 98.0 Å². The molecule has 0 fully saturated rings. The van der Waals surface area contributed by atoms with Crippen molar-refractivity contribution < 1.29 is 25.2 Å². The van der Waals surface area contributed by atoms with E-state index in [0.717, 1.165) is 5.39 Å². The van der Waals surface area contributed by atoms with Gasteiger partial charge in [-0.2, -0.15) is 0 Å². The van der Waals surface area contributed by atoms with Crippen LogP contribution >= 0.6 is 0 Å². The van der Waals surface area contributed by atoms with Gasteiger partial charge >= 0.3 is 0 Å². The Morgan fingerprint density at radius 2 is 1.58 bits per heavy atom. The molecule has 0 aromatic heterocycles. The average Bonchev–Trinajstić information content (AvgIpc) is 2.59. The van der Waals surface area contributed by atoms with Crippen LogP contribution in [0.1, 0.15) is 22.0 Å². The lowest BCUT2D eigenvalue weighted by molar-refractivity contribution is 0.0195. The highest BCUT2D eigenvalue weighted by atomic mass is 16.3. The quantitative estimate of drug-likeness (QED) is 0.516. The summed E-state index contributed by atoms with van der Waals surface area (Å²) in [5.41, 5.74) is 1.97. The van der Waals surface area contributed by atoms with Crippen LogP contribution in [-0.4, -0.2) is 32.3 Å². The summed E-state index contributed by atoms with van der Waals surface area (Å²) in [4.78, 5) is 12.3. The molecule has 2 atom stereocenters. The predicted molar refractivity (Wildman–Crippen MR) is 88.0 cm³/mol. The number of benzene rings is 3. The fourth-order valence-electron chi connectivity index (χ4n) is 3.32. The summed E-state index contributed by atoms with van der Waals surface area (Å²) in [6.07, 6.45) is -2.89. The van der Waals surface area contributed by atoms with Gasteiger partial charge in [0.25, 0.3) is 0 Å². The van der Waals surface area contributed by atoms with E-state index < -0.39 is 18.0 Å². The second-order valence-corrected chi connectivity index (χ2v) is 5.89. The lowest BCUT2D eigenvalue weighted by Gasteiger charge is -2.28. The molecule has 3 aromatic rings. The summed E-state index contributed by atoms with van der Waals surface area (Å²) in [6.45, 7) is 0. The number of rotatable bonds is 1. The van der Waals surface area contributed by atoms with E-state index >= 15 is 0 Å². The summed E-state index contributed by atoms with van der Waals surface area (Å²) in [5, 5.41) is 41.2. The van der Waals surface area contributed by atoms with Crippen LogP contribution in [0.15, 0.2) is 48.5 Å². The molecule has 4 rings (SSSR count). The van der Waals surface area contributed by atoms with Crippen molar-refractivity contribution in [3.63, 3.8) is 0 Å². The molecule has 0 spiro atoms. The Balaban J connectivity index is 2.09. The molecule has 0 amide bonds. The Kier molecular flexibility index (Phi) is 3.09. The van der Waals surface area contributed by atoms with Crippen LogP contribution < -0.4 is 0 Å². The Morgan fingerprint density at radius 3 is 2.33 bits per heavy atom. The van der Waals surface area contributed by atoms with Gasteiger partial charge in [0.05, 0.1) is 0 Å². The lowest BCUT2D eigenvalue weighted by atomic mass is 9.80. The number of aliphatic hydroxyl groups is 2. The average molecular weight is 322 g/mol. The highest BCUT2D eigenvalue weighted by molar-refractivity contribution is 6.15. The maximum atomic E-state index is 12.3. The lowest BCUT2D eigenvalue weighted by Crippen LogP contribution is -2.32. The predicted octanol–water partition coefficient (Wildman–Crippen LogP) is 2.51. The molecule has 3 aromatic carbocycles. The summed E-state index contributed by atoms with van der Waals surface area (Å²) in [7, 11) is 0. The summed E-state index contributed by atoms with van der Waals surface area (Å²) in [5.74, 6) is -1.04. The van der Waals surface area contributed by atoms with Crippen LogP contribution in [0.25, 0.3) is 21.9 Å². The van der Waals surface area contributed by atoms with Gasteiger partial charge in [-0.3, -0.25) is 4.79 Å². The highest BCUT2D eigenvalue weighted by Crippen LogP contribution is 2.42. The molecule has 0 saturated heterocycles. The molecular formula is C19H14O5. The molecule has 0 heterocycles. The molecule has 0 saturated carbocycles. The molecule has 1 aliphatic carbocycles. The smallest absolute Gasteiger partial charge is 0.194 e. The van der Waals surface area contributed by atoms with Gasteiger partial charge in [-0.25, -0.2) is 0 Å². The zero-order chi connectivity index (χ0) is 17.0. The molecule has 5 heteroatoms. The van der Waals surface area contributed by atoms with Crippen molar-refractivity contribution in [2.45, 2.75) is 12.2 Å². The van der Waals surface area contributed by atoms with Crippen molar-refractivity contribution in [1.82, 2.24) is 0 Å². The van der Waals surface area contributed by atoms with Gasteiger partial charge < -0.3 is 20.4 Å². The second kappa shape index (κ2) is 5.06. The van der Waals surface area contributed by atoms with Crippen LogP contribution in [0.3, 0.4) is 0 Å². The van der Waals surface area contributed by atoms with Gasteiger partial charge in [0, 0.05) is 5.56 Å². The van der Waals surface area contributed by atoms with Crippen molar-refractivity contribution in [2.24, 2.45) is 0 Å². The number of hydrogen-bond acceptors (Lipinski definition) is 5. The third-order valence-corrected chi connectivity index (χ3v) is 4.50. The normalized spacial score (nSPS) is 19.7. The minimum Gasteiger partial charge on any atom is -0.504 e. The van der Waals surface area contributed by atoms with Crippen molar-refractivity contribution in [2.75, 3.05) is 0 Å². The molecule has 1 aliphatic rings. The van der Waals surface area contributed by atoms with Gasteiger partial charge in [0.15, 0.2) is 17.3 Å². The van der Waals surface area contributed by atoms with Crippen LogP contribution in [-0.2, 0) is 0 Å². The number of ketones is 1. The number of carbonyl (C=O) groups is 1. The summed E-state index contributed by atoms with van der Waals surface area (Å²) in [6, 6.07) is 13.1. The van der Waals surface area contributed by atoms with E-state index in [1.165, 1.54) is 12.1 Å². The first-order chi connectivity index (χ1) is 11.5. The minimum absolute atomic E-state index is 0.246. The second-order valence-electron chi connectivity index (χ2n) is 5.89. The number of phenolic OH excluding ortho intramolecular Hbond substituents is 2. The van der Waals surface area contributed by atoms with E-state index in [4.69, 9.17) is 0 Å². The molecule has 24 heavy (non-hydrogen) atoms. The maximum absolute atomic E-state index is 12.3. The Morgan fingerprint density at radius 1 is 0.792 bits per heavy atom. The fourth-order valence-corrected chi connectivity index (χ4v) is 3.32. The SMILES string of the molecule is O=C1c2cccc3ccc(-c4ccc(O)c(O)c4)c(c23)C(O)C1O. The zero-order valence-electron chi connectivity index (χ0n) is 12.5. The number of aromatic hydroxyl groups is 2. The van der Waals surface area contributed by atoms with Crippen LogP contribution in [0.2, 0.25) is 0 Å². The first-order valence-corrected chi connectivity index (χ1v) is 7.47. The van der Waals surface area contributed by atoms with Crippen LogP contribution in [0.5, 0.6) is 11.5 Å². The van der Waals surface area contributed by atoms with Crippen molar-refractivity contribution in [1.29, 1.82) is 0 Å². The molecule has 120 valence electrons. The third-order valence-electron chi connectivity index (χ3n) is 4.50. The van der Waals surface area contributed by atoms with Crippen LogP contribution in [0, 0.1) is 0 Å². The number of aliphatic hydroxyl groups excluding tert-OH is 2. The molecule has 4 N–H and O–H groups in total. The highest BCUT2D eigenvalue weighted by Gasteiger charge is 2.36. The van der Waals surface area contributed by atoms with Crippen molar-refractivity contribution in [3.8, 4) is 22.6 Å². The van der Waals surface area contributed by atoms with Gasteiger partial charge in [0.1, 0.15) is 12.2 Å². The molecular weight excluding hydrogens is 308 g/mol. The van der Waals surface area contributed by atoms with Gasteiger partial charge in [-0.1, -0.05) is 36.4 Å². The third kappa shape index (κ3) is 1.92. The van der Waals surface area contributed by atoms with E-state index in [0.29, 0.717) is 27.6 Å². The Hall–Kier alpha value is -2.89. The van der Waals surface area contributed by atoms with E-state index in [2.05, 4.69) is 0 Å².